The van der Waals surface area contributed by atoms with Gasteiger partial charge in [0.15, 0.2) is 6.20 Å². The zero-order chi connectivity index (χ0) is 22.2. The Labute approximate surface area is 205 Å². The Morgan fingerprint density at radius 1 is 0.938 bits per heavy atom. The Bertz CT molecular complexity index is 1110. The second kappa shape index (κ2) is 12.3. The number of ketones is 1. The molecule has 2 aromatic carbocycles. The first-order valence-corrected chi connectivity index (χ1v) is 10.2. The number of carbonyl (C=O) groups is 3. The van der Waals surface area contributed by atoms with E-state index in [2.05, 4.69) is 5.32 Å². The minimum Gasteiger partial charge on any atom is -1.00 e. The number of benzene rings is 2. The number of hydrogen-bond acceptors (Lipinski definition) is 4. The van der Waals surface area contributed by atoms with Gasteiger partial charge in [-0.05, 0) is 36.4 Å². The van der Waals surface area contributed by atoms with Crippen LogP contribution in [0.1, 0.15) is 31.2 Å². The molecule has 1 heterocycles. The molecule has 166 valence electrons. The van der Waals surface area contributed by atoms with E-state index in [0.29, 0.717) is 16.1 Å². The fourth-order valence-corrected chi connectivity index (χ4v) is 3.35. The fraction of sp³-hybridized carbons (Fsp3) is 0.130. The van der Waals surface area contributed by atoms with Crippen LogP contribution in [0.5, 0.6) is 0 Å². The second-order valence-electron chi connectivity index (χ2n) is 6.52. The topological polar surface area (TPSA) is 76.3 Å². The van der Waals surface area contributed by atoms with Gasteiger partial charge in [0, 0.05) is 22.7 Å². The lowest BCUT2D eigenvalue weighted by Gasteiger charge is -2.07. The average Bonchev–Trinajstić information content (AvgIpc) is 2.77. The van der Waals surface area contributed by atoms with Gasteiger partial charge in [0.25, 0.3) is 5.69 Å². The first kappa shape index (κ1) is 25.5. The first-order chi connectivity index (χ1) is 15.0. The van der Waals surface area contributed by atoms with E-state index in [1.54, 1.807) is 66.9 Å². The van der Waals surface area contributed by atoms with Crippen LogP contribution in [0.4, 0.5) is 0 Å². The molecule has 1 N–H and O–H groups in total. The summed E-state index contributed by atoms with van der Waals surface area (Å²) in [6.07, 6.45) is 1.63. The Morgan fingerprint density at radius 3 is 2.38 bits per heavy atom. The first-order valence-electron chi connectivity index (χ1n) is 9.43. The summed E-state index contributed by atoms with van der Waals surface area (Å²) in [5.74, 6) is -1.12. The van der Waals surface area contributed by atoms with Crippen LogP contribution >= 0.6 is 23.2 Å². The molecule has 0 aliphatic rings. The SMILES string of the molecule is O=C(OCCNC(=O)c1cccc[n+]1CC(=O)c1ccc(Cl)cc1Cl)c1ccccc1.[Br-]. The lowest BCUT2D eigenvalue weighted by atomic mass is 10.1. The highest BCUT2D eigenvalue weighted by Crippen LogP contribution is 2.21. The Balaban J connectivity index is 0.00000363. The van der Waals surface area contributed by atoms with Crippen molar-refractivity contribution in [3.05, 3.63) is 99.8 Å². The van der Waals surface area contributed by atoms with Crippen molar-refractivity contribution < 1.29 is 40.7 Å². The van der Waals surface area contributed by atoms with E-state index in [0.717, 1.165) is 0 Å². The molecule has 0 bridgehead atoms. The number of esters is 1. The number of ether oxygens (including phenoxy) is 1. The zero-order valence-corrected chi connectivity index (χ0v) is 19.9. The van der Waals surface area contributed by atoms with E-state index in [-0.39, 0.29) is 53.2 Å². The maximum absolute atomic E-state index is 12.7. The summed E-state index contributed by atoms with van der Waals surface area (Å²) < 4.78 is 6.68. The molecule has 0 radical (unpaired) electrons. The largest absolute Gasteiger partial charge is 1.00 e. The van der Waals surface area contributed by atoms with Gasteiger partial charge >= 0.3 is 11.9 Å². The van der Waals surface area contributed by atoms with Crippen molar-refractivity contribution in [2.75, 3.05) is 13.2 Å². The number of rotatable bonds is 8. The molecule has 9 heteroatoms. The Hall–Kier alpha value is -2.74. The summed E-state index contributed by atoms with van der Waals surface area (Å²) in [6.45, 7) is 0.0722. The van der Waals surface area contributed by atoms with Gasteiger partial charge in [0.1, 0.15) is 6.61 Å². The highest BCUT2D eigenvalue weighted by molar-refractivity contribution is 6.36. The summed E-state index contributed by atoms with van der Waals surface area (Å²) in [5.41, 5.74) is 1.05. The fourth-order valence-electron chi connectivity index (χ4n) is 2.83. The van der Waals surface area contributed by atoms with Crippen LogP contribution in [0, 0.1) is 0 Å². The quantitative estimate of drug-likeness (QED) is 0.199. The van der Waals surface area contributed by atoms with E-state index in [1.165, 1.54) is 10.6 Å². The average molecular weight is 538 g/mol. The standard InChI is InChI=1S/C23H18Cl2N2O4.BrH/c24-17-9-10-18(19(25)14-17)21(28)15-27-12-5-4-8-20(27)22(29)26-11-13-31-23(30)16-6-2-1-3-7-16;/h1-10,12,14H,11,13,15H2;1H. The van der Waals surface area contributed by atoms with Crippen LogP contribution in [0.2, 0.25) is 10.0 Å². The zero-order valence-electron chi connectivity index (χ0n) is 16.8. The van der Waals surface area contributed by atoms with Gasteiger partial charge in [-0.25, -0.2) is 4.79 Å². The van der Waals surface area contributed by atoms with Crippen LogP contribution in [-0.2, 0) is 11.3 Å². The number of carbonyl (C=O) groups excluding carboxylic acids is 3. The molecule has 0 aliphatic heterocycles. The molecule has 3 aromatic rings. The summed E-state index contributed by atoms with van der Waals surface area (Å²) in [4.78, 5) is 37.2. The number of aromatic nitrogens is 1. The normalized spacial score (nSPS) is 10.1. The van der Waals surface area contributed by atoms with E-state index in [9.17, 15) is 14.4 Å². The minimum atomic E-state index is -0.463. The van der Waals surface area contributed by atoms with Crippen LogP contribution < -0.4 is 26.9 Å². The summed E-state index contributed by atoms with van der Waals surface area (Å²) in [6, 6.07) is 18.2. The number of nitrogens with zero attached hydrogens (tertiary/aromatic N) is 1. The van der Waals surface area contributed by atoms with Gasteiger partial charge in [-0.2, -0.15) is 4.57 Å². The Kier molecular flexibility index (Phi) is 9.84. The highest BCUT2D eigenvalue weighted by Gasteiger charge is 2.22. The van der Waals surface area contributed by atoms with Crippen molar-refractivity contribution in [1.29, 1.82) is 0 Å². The van der Waals surface area contributed by atoms with Crippen molar-refractivity contribution in [3.8, 4) is 0 Å². The number of hydrogen-bond donors (Lipinski definition) is 1. The Morgan fingerprint density at radius 2 is 1.66 bits per heavy atom. The van der Waals surface area contributed by atoms with Crippen molar-refractivity contribution in [3.63, 3.8) is 0 Å². The lowest BCUT2D eigenvalue weighted by molar-refractivity contribution is -0.685. The molecular formula is C23H19BrCl2N2O4. The van der Waals surface area contributed by atoms with Crippen LogP contribution in [-0.4, -0.2) is 30.8 Å². The van der Waals surface area contributed by atoms with E-state index >= 15 is 0 Å². The van der Waals surface area contributed by atoms with Crippen molar-refractivity contribution in [2.24, 2.45) is 0 Å². The summed E-state index contributed by atoms with van der Waals surface area (Å²) >= 11 is 12.0. The van der Waals surface area contributed by atoms with Gasteiger partial charge in [-0.1, -0.05) is 41.4 Å². The van der Waals surface area contributed by atoms with Crippen LogP contribution in [0.15, 0.2) is 72.9 Å². The third kappa shape index (κ3) is 6.88. The molecule has 0 atom stereocenters. The van der Waals surface area contributed by atoms with Gasteiger partial charge < -0.3 is 27.0 Å². The third-order valence-corrected chi connectivity index (χ3v) is 4.90. The number of nitrogens with one attached hydrogen (secondary N) is 1. The summed E-state index contributed by atoms with van der Waals surface area (Å²) in [7, 11) is 0. The predicted octanol–water partition coefficient (Wildman–Crippen LogP) is 0.755. The van der Waals surface area contributed by atoms with E-state index in [1.807, 2.05) is 0 Å². The second-order valence-corrected chi connectivity index (χ2v) is 7.36. The maximum Gasteiger partial charge on any atom is 0.338 e. The molecule has 0 saturated heterocycles. The van der Waals surface area contributed by atoms with Gasteiger partial charge in [-0.3, -0.25) is 9.59 Å². The predicted molar refractivity (Wildman–Crippen MR) is 116 cm³/mol. The monoisotopic (exact) mass is 536 g/mol. The minimum absolute atomic E-state index is 0. The van der Waals surface area contributed by atoms with Crippen molar-refractivity contribution in [2.45, 2.75) is 6.54 Å². The van der Waals surface area contributed by atoms with Crippen LogP contribution in [0.25, 0.3) is 0 Å². The summed E-state index contributed by atoms with van der Waals surface area (Å²) in [5, 5.41) is 3.37. The molecule has 0 fully saturated rings. The molecule has 6 nitrogen and oxygen atoms in total. The number of halogens is 3. The number of Topliss-reactive ketones (excluding diaryl/α,β-unsaturated/α-hetero) is 1. The third-order valence-electron chi connectivity index (χ3n) is 4.35. The highest BCUT2D eigenvalue weighted by atomic mass is 79.9. The molecule has 3 rings (SSSR count). The van der Waals surface area contributed by atoms with E-state index in [4.69, 9.17) is 27.9 Å². The molecule has 1 amide bonds. The van der Waals surface area contributed by atoms with Crippen molar-refractivity contribution in [1.82, 2.24) is 5.32 Å². The molecular weight excluding hydrogens is 519 g/mol. The molecule has 1 aromatic heterocycles. The molecule has 0 unspecified atom stereocenters. The molecule has 0 aliphatic carbocycles. The van der Waals surface area contributed by atoms with Gasteiger partial charge in [0.2, 0.25) is 12.3 Å². The number of pyridine rings is 1. The lowest BCUT2D eigenvalue weighted by Crippen LogP contribution is -3.00. The molecule has 0 spiro atoms. The van der Waals surface area contributed by atoms with Gasteiger partial charge in [0.05, 0.1) is 17.1 Å². The smallest absolute Gasteiger partial charge is 0.338 e. The molecule has 32 heavy (non-hydrogen) atoms. The molecule has 0 saturated carbocycles. The van der Waals surface area contributed by atoms with Crippen molar-refractivity contribution >= 4 is 40.9 Å². The van der Waals surface area contributed by atoms with E-state index < -0.39 is 11.9 Å². The van der Waals surface area contributed by atoms with Gasteiger partial charge in [-0.15, -0.1) is 0 Å². The van der Waals surface area contributed by atoms with Crippen LogP contribution in [0.3, 0.4) is 0 Å². The number of amides is 1. The maximum atomic E-state index is 12.7.